The Hall–Kier alpha value is -2.21. The summed E-state index contributed by atoms with van der Waals surface area (Å²) in [7, 11) is 4.83. The first-order valence-electron chi connectivity index (χ1n) is 6.26. The molecule has 0 aliphatic rings. The molecule has 0 aliphatic carbocycles. The molecular formula is C14H19N3O3. The molecule has 0 aliphatic heterocycles. The zero-order valence-corrected chi connectivity index (χ0v) is 11.9. The van der Waals surface area contributed by atoms with Crippen molar-refractivity contribution in [3.05, 3.63) is 35.7 Å². The van der Waals surface area contributed by atoms with Crippen LogP contribution in [0.2, 0.25) is 0 Å². The number of aromatic amines is 1. The maximum Gasteiger partial charge on any atom is 0.203 e. The van der Waals surface area contributed by atoms with Crippen LogP contribution in [0.4, 0.5) is 0 Å². The highest BCUT2D eigenvalue weighted by molar-refractivity contribution is 5.55. The van der Waals surface area contributed by atoms with Crippen LogP contribution in [0.25, 0.3) is 0 Å². The summed E-state index contributed by atoms with van der Waals surface area (Å²) in [5.41, 5.74) is 2.11. The van der Waals surface area contributed by atoms with Crippen LogP contribution < -0.4 is 19.5 Å². The molecule has 0 unspecified atom stereocenters. The molecular weight excluding hydrogens is 258 g/mol. The molecule has 0 atom stereocenters. The molecule has 0 bridgehead atoms. The molecule has 6 nitrogen and oxygen atoms in total. The third-order valence-electron chi connectivity index (χ3n) is 2.99. The summed E-state index contributed by atoms with van der Waals surface area (Å²) in [6.45, 7) is 1.39. The lowest BCUT2D eigenvalue weighted by atomic mass is 10.1. The molecule has 6 heteroatoms. The number of aromatic nitrogens is 2. The molecule has 0 radical (unpaired) electrons. The van der Waals surface area contributed by atoms with E-state index < -0.39 is 0 Å². The summed E-state index contributed by atoms with van der Waals surface area (Å²) < 4.78 is 16.1. The lowest BCUT2D eigenvalue weighted by Crippen LogP contribution is -2.13. The lowest BCUT2D eigenvalue weighted by Gasteiger charge is -2.16. The summed E-state index contributed by atoms with van der Waals surface area (Å²) in [5.74, 6) is 1.95. The Morgan fingerprint density at radius 1 is 1.05 bits per heavy atom. The molecule has 108 valence electrons. The largest absolute Gasteiger partial charge is 0.493 e. The highest BCUT2D eigenvalue weighted by Crippen LogP contribution is 2.39. The van der Waals surface area contributed by atoms with Gasteiger partial charge in [-0.3, -0.25) is 5.10 Å². The van der Waals surface area contributed by atoms with Gasteiger partial charge in [0, 0.05) is 30.4 Å². The number of nitrogens with one attached hydrogen (secondary N) is 2. The Balaban J connectivity index is 2.10. The van der Waals surface area contributed by atoms with Gasteiger partial charge in [-0.1, -0.05) is 6.07 Å². The molecule has 0 fully saturated rings. The van der Waals surface area contributed by atoms with Crippen molar-refractivity contribution >= 4 is 0 Å². The molecule has 0 saturated carbocycles. The lowest BCUT2D eigenvalue weighted by molar-refractivity contribution is 0.321. The Morgan fingerprint density at radius 2 is 1.85 bits per heavy atom. The Kier molecular flexibility index (Phi) is 4.84. The van der Waals surface area contributed by atoms with E-state index in [0.29, 0.717) is 23.8 Å². The molecule has 1 aromatic carbocycles. The molecule has 0 saturated heterocycles. The normalized spacial score (nSPS) is 10.3. The number of H-pyrrole nitrogens is 1. The predicted octanol–water partition coefficient (Wildman–Crippen LogP) is 1.73. The van der Waals surface area contributed by atoms with E-state index in [1.54, 1.807) is 27.5 Å². The number of nitrogens with zero attached hydrogens (tertiary/aromatic N) is 1. The molecule has 2 N–H and O–H groups in total. The smallest absolute Gasteiger partial charge is 0.203 e. The van der Waals surface area contributed by atoms with Gasteiger partial charge in [0.2, 0.25) is 5.75 Å². The molecule has 2 aromatic rings. The van der Waals surface area contributed by atoms with E-state index in [4.69, 9.17) is 14.2 Å². The van der Waals surface area contributed by atoms with Gasteiger partial charge in [0.1, 0.15) is 0 Å². The molecule has 0 amide bonds. The van der Waals surface area contributed by atoms with Crippen molar-refractivity contribution in [2.45, 2.75) is 13.1 Å². The van der Waals surface area contributed by atoms with E-state index in [1.165, 1.54) is 0 Å². The van der Waals surface area contributed by atoms with E-state index in [-0.39, 0.29) is 0 Å². The van der Waals surface area contributed by atoms with E-state index in [2.05, 4.69) is 15.5 Å². The van der Waals surface area contributed by atoms with E-state index in [1.807, 2.05) is 18.3 Å². The average Bonchev–Trinajstić information content (AvgIpc) is 2.99. The minimum absolute atomic E-state index is 0.609. The van der Waals surface area contributed by atoms with Crippen LogP contribution in [-0.2, 0) is 13.1 Å². The number of ether oxygens (including phenoxy) is 3. The van der Waals surface area contributed by atoms with Gasteiger partial charge in [-0.25, -0.2) is 0 Å². The zero-order valence-electron chi connectivity index (χ0n) is 11.9. The summed E-state index contributed by atoms with van der Waals surface area (Å²) in [4.78, 5) is 0. The summed E-state index contributed by atoms with van der Waals surface area (Å²) in [5, 5.41) is 10.0. The standard InChI is InChI=1S/C14H19N3O3/c1-18-12-5-4-11(13(19-2)14(12)20-3)9-15-6-10-7-16-17-8-10/h4-5,7-8,15H,6,9H2,1-3H3,(H,16,17). The number of benzene rings is 1. The van der Waals surface area contributed by atoms with Crippen molar-refractivity contribution in [1.82, 2.24) is 15.5 Å². The van der Waals surface area contributed by atoms with Crippen LogP contribution in [0.15, 0.2) is 24.5 Å². The van der Waals surface area contributed by atoms with Crippen LogP contribution in [0.3, 0.4) is 0 Å². The second-order valence-electron chi connectivity index (χ2n) is 4.20. The molecule has 1 aromatic heterocycles. The third kappa shape index (κ3) is 3.03. The van der Waals surface area contributed by atoms with Gasteiger partial charge in [0.05, 0.1) is 27.5 Å². The van der Waals surface area contributed by atoms with E-state index in [9.17, 15) is 0 Å². The van der Waals surface area contributed by atoms with Crippen LogP contribution in [0.1, 0.15) is 11.1 Å². The van der Waals surface area contributed by atoms with Gasteiger partial charge in [0.25, 0.3) is 0 Å². The van der Waals surface area contributed by atoms with Gasteiger partial charge in [0.15, 0.2) is 11.5 Å². The first-order valence-corrected chi connectivity index (χ1v) is 6.26. The first kappa shape index (κ1) is 14.2. The predicted molar refractivity (Wildman–Crippen MR) is 75.2 cm³/mol. The van der Waals surface area contributed by atoms with Crippen LogP contribution >= 0.6 is 0 Å². The van der Waals surface area contributed by atoms with Gasteiger partial charge in [-0.15, -0.1) is 0 Å². The average molecular weight is 277 g/mol. The fraction of sp³-hybridized carbons (Fsp3) is 0.357. The van der Waals surface area contributed by atoms with E-state index >= 15 is 0 Å². The fourth-order valence-electron chi connectivity index (χ4n) is 2.02. The maximum atomic E-state index is 5.43. The number of methoxy groups -OCH3 is 3. The summed E-state index contributed by atoms with van der Waals surface area (Å²) in [6, 6.07) is 3.83. The van der Waals surface area contributed by atoms with Crippen molar-refractivity contribution in [2.75, 3.05) is 21.3 Å². The minimum atomic E-state index is 0.609. The van der Waals surface area contributed by atoms with Crippen molar-refractivity contribution in [2.24, 2.45) is 0 Å². The minimum Gasteiger partial charge on any atom is -0.493 e. The molecule has 1 heterocycles. The Morgan fingerprint density at radius 3 is 2.45 bits per heavy atom. The van der Waals surface area contributed by atoms with Crippen LogP contribution in [-0.4, -0.2) is 31.5 Å². The SMILES string of the molecule is COc1ccc(CNCc2cn[nH]c2)c(OC)c1OC. The van der Waals surface area contributed by atoms with Crippen LogP contribution in [0.5, 0.6) is 17.2 Å². The maximum absolute atomic E-state index is 5.43. The highest BCUT2D eigenvalue weighted by atomic mass is 16.5. The third-order valence-corrected chi connectivity index (χ3v) is 2.99. The van der Waals surface area contributed by atoms with Crippen molar-refractivity contribution < 1.29 is 14.2 Å². The number of hydrogen-bond acceptors (Lipinski definition) is 5. The van der Waals surface area contributed by atoms with Crippen molar-refractivity contribution in [3.8, 4) is 17.2 Å². The summed E-state index contributed by atoms with van der Waals surface area (Å²) in [6.07, 6.45) is 3.65. The van der Waals surface area contributed by atoms with Gasteiger partial charge >= 0.3 is 0 Å². The van der Waals surface area contributed by atoms with Gasteiger partial charge in [-0.2, -0.15) is 5.10 Å². The second kappa shape index (κ2) is 6.81. The topological polar surface area (TPSA) is 68.4 Å². The Labute approximate surface area is 118 Å². The van der Waals surface area contributed by atoms with Gasteiger partial charge < -0.3 is 19.5 Å². The summed E-state index contributed by atoms with van der Waals surface area (Å²) >= 11 is 0. The van der Waals surface area contributed by atoms with E-state index in [0.717, 1.165) is 17.7 Å². The first-order chi connectivity index (χ1) is 9.80. The second-order valence-corrected chi connectivity index (χ2v) is 4.20. The van der Waals surface area contributed by atoms with Crippen molar-refractivity contribution in [1.29, 1.82) is 0 Å². The van der Waals surface area contributed by atoms with Crippen molar-refractivity contribution in [3.63, 3.8) is 0 Å². The van der Waals surface area contributed by atoms with Crippen LogP contribution in [0, 0.1) is 0 Å². The quantitative estimate of drug-likeness (QED) is 0.806. The molecule has 20 heavy (non-hydrogen) atoms. The Bertz CT molecular complexity index is 541. The van der Waals surface area contributed by atoms with Gasteiger partial charge in [-0.05, 0) is 6.07 Å². The number of hydrogen-bond donors (Lipinski definition) is 2. The monoisotopic (exact) mass is 277 g/mol. The highest BCUT2D eigenvalue weighted by Gasteiger charge is 2.15. The molecule has 2 rings (SSSR count). The zero-order chi connectivity index (χ0) is 14.4. The number of rotatable bonds is 7. The molecule has 0 spiro atoms. The fourth-order valence-corrected chi connectivity index (χ4v) is 2.02.